The Kier molecular flexibility index (Phi) is 5.69. The number of hydrogen-bond acceptors (Lipinski definition) is 8. The highest BCUT2D eigenvalue weighted by atomic mass is 35.5. The van der Waals surface area contributed by atoms with E-state index in [1.165, 1.54) is 23.0 Å². The Balaban J connectivity index is 1.56. The van der Waals surface area contributed by atoms with Crippen LogP contribution in [0.15, 0.2) is 30.6 Å². The Morgan fingerprint density at radius 3 is 2.57 bits per heavy atom. The minimum Gasteiger partial charge on any atom is -0.471 e. The Morgan fingerprint density at radius 2 is 1.93 bits per heavy atom. The van der Waals surface area contributed by atoms with E-state index in [9.17, 15) is 19.0 Å². The summed E-state index contributed by atoms with van der Waals surface area (Å²) in [6, 6.07) is 5.93. The summed E-state index contributed by atoms with van der Waals surface area (Å²) in [6.45, 7) is -1.20. The largest absolute Gasteiger partial charge is 0.471 e. The number of halogens is 3. The van der Waals surface area contributed by atoms with Crippen molar-refractivity contribution in [1.29, 1.82) is 0 Å². The van der Waals surface area contributed by atoms with Gasteiger partial charge in [-0.2, -0.15) is 18.7 Å². The second kappa shape index (κ2) is 8.26. The predicted octanol–water partition coefficient (Wildman–Crippen LogP) is 2.30. The van der Waals surface area contributed by atoms with Crippen LogP contribution in [0.3, 0.4) is 0 Å². The predicted molar refractivity (Wildman–Crippen MR) is 99.3 cm³/mol. The quantitative estimate of drug-likeness (QED) is 0.559. The summed E-state index contributed by atoms with van der Waals surface area (Å²) in [5.41, 5.74) is 1.21. The number of benzene rings is 1. The maximum Gasteiger partial charge on any atom is 0.387 e. The molecule has 0 radical (unpaired) electrons. The molecule has 30 heavy (non-hydrogen) atoms. The monoisotopic (exact) mass is 442 g/mol. The topological polar surface area (TPSA) is 112 Å². The first-order valence-electron chi connectivity index (χ1n) is 8.91. The summed E-state index contributed by atoms with van der Waals surface area (Å²) in [5.74, 6) is 0.129. The summed E-state index contributed by atoms with van der Waals surface area (Å²) in [6.07, 6.45) is -2.33. The molecule has 1 aliphatic heterocycles. The van der Waals surface area contributed by atoms with Crippen LogP contribution in [0, 0.1) is 0 Å². The first-order valence-corrected chi connectivity index (χ1v) is 9.29. The number of nitrogens with zero attached hydrogens (tertiary/aromatic N) is 4. The number of aliphatic hydroxyl groups is 2. The lowest BCUT2D eigenvalue weighted by Crippen LogP contribution is -2.30. The van der Waals surface area contributed by atoms with E-state index in [-0.39, 0.29) is 34.7 Å². The third kappa shape index (κ3) is 4.01. The van der Waals surface area contributed by atoms with Crippen molar-refractivity contribution < 1.29 is 33.2 Å². The van der Waals surface area contributed by atoms with E-state index in [2.05, 4.69) is 19.7 Å². The van der Waals surface area contributed by atoms with E-state index in [4.69, 9.17) is 21.1 Å². The molecular weight excluding hydrogens is 426 g/mol. The van der Waals surface area contributed by atoms with Crippen molar-refractivity contribution in [2.75, 3.05) is 0 Å². The highest BCUT2D eigenvalue weighted by molar-refractivity contribution is 6.28. The zero-order valence-corrected chi connectivity index (χ0v) is 16.3. The molecule has 3 heterocycles. The van der Waals surface area contributed by atoms with Gasteiger partial charge in [-0.3, -0.25) is 4.57 Å². The lowest BCUT2D eigenvalue weighted by atomic mass is 10.1. The third-order valence-electron chi connectivity index (χ3n) is 4.64. The first-order chi connectivity index (χ1) is 14.3. The molecule has 1 aliphatic rings. The van der Waals surface area contributed by atoms with Gasteiger partial charge in [0, 0.05) is 0 Å². The number of hydrogen-bond donors (Lipinski definition) is 2. The molecule has 0 bridgehead atoms. The fourth-order valence-corrected chi connectivity index (χ4v) is 3.29. The number of rotatable bonds is 6. The van der Waals surface area contributed by atoms with Gasteiger partial charge in [-0.05, 0) is 36.2 Å². The molecular formula is C18H17ClF2N4O5. The molecule has 0 spiro atoms. The van der Waals surface area contributed by atoms with Gasteiger partial charge in [0.1, 0.15) is 24.6 Å². The molecule has 1 saturated heterocycles. The van der Waals surface area contributed by atoms with Crippen molar-refractivity contribution in [2.24, 2.45) is 0 Å². The van der Waals surface area contributed by atoms with Crippen LogP contribution in [0.25, 0.3) is 11.2 Å². The van der Waals surface area contributed by atoms with Gasteiger partial charge < -0.3 is 24.4 Å². The van der Waals surface area contributed by atoms with Gasteiger partial charge in [-0.1, -0.05) is 12.1 Å². The van der Waals surface area contributed by atoms with E-state index in [1.54, 1.807) is 19.1 Å². The number of ether oxygens (including phenoxy) is 3. The van der Waals surface area contributed by atoms with Crippen LogP contribution in [-0.4, -0.2) is 54.7 Å². The van der Waals surface area contributed by atoms with Crippen LogP contribution in [-0.2, 0) is 11.3 Å². The molecule has 9 nitrogen and oxygen atoms in total. The summed E-state index contributed by atoms with van der Waals surface area (Å²) in [5, 5.41) is 20.1. The Hall–Kier alpha value is -2.60. The minimum absolute atomic E-state index is 0.0338. The molecule has 160 valence electrons. The maximum atomic E-state index is 12.2. The number of aliphatic hydroxyl groups excluding tert-OH is 2. The van der Waals surface area contributed by atoms with E-state index in [0.29, 0.717) is 5.56 Å². The van der Waals surface area contributed by atoms with Crippen molar-refractivity contribution in [2.45, 2.75) is 44.7 Å². The lowest BCUT2D eigenvalue weighted by Gasteiger charge is -2.16. The second-order valence-corrected chi connectivity index (χ2v) is 6.98. The molecule has 2 aromatic heterocycles. The van der Waals surface area contributed by atoms with Crippen LogP contribution in [0.4, 0.5) is 8.78 Å². The fourth-order valence-electron chi connectivity index (χ4n) is 3.13. The van der Waals surface area contributed by atoms with Crippen LogP contribution in [0.1, 0.15) is 18.7 Å². The van der Waals surface area contributed by atoms with Crippen LogP contribution in [0.2, 0.25) is 5.28 Å². The molecule has 2 N–H and O–H groups in total. The third-order valence-corrected chi connectivity index (χ3v) is 4.81. The normalized spacial score (nSPS) is 24.0. The highest BCUT2D eigenvalue weighted by Gasteiger charge is 2.42. The molecule has 12 heteroatoms. The number of imidazole rings is 1. The Bertz CT molecular complexity index is 1040. The van der Waals surface area contributed by atoms with Gasteiger partial charge in [0.05, 0.1) is 12.4 Å². The zero-order chi connectivity index (χ0) is 21.4. The molecule has 0 amide bonds. The van der Waals surface area contributed by atoms with Crippen molar-refractivity contribution in [3.05, 3.63) is 41.4 Å². The van der Waals surface area contributed by atoms with E-state index in [0.717, 1.165) is 0 Å². The maximum absolute atomic E-state index is 12.2. The number of aromatic nitrogens is 4. The smallest absolute Gasteiger partial charge is 0.387 e. The Labute approximate surface area is 173 Å². The van der Waals surface area contributed by atoms with Crippen LogP contribution >= 0.6 is 11.6 Å². The number of alkyl halides is 2. The molecule has 3 aromatic rings. The standard InChI is InChI=1S/C18H17ClF2N4O5/c1-8-12(26)13(27)16(29-8)25-7-22-11-14(25)23-17(19)24-15(11)28-6-9-2-4-10(5-3-9)30-18(20)21/h2-5,7-8,12-13,16,18,26-27H,6H2,1H3/t8-,12-,13-,16-/m1/s1. The van der Waals surface area contributed by atoms with Crippen molar-refractivity contribution in [3.8, 4) is 11.6 Å². The second-order valence-electron chi connectivity index (χ2n) is 6.65. The van der Waals surface area contributed by atoms with Gasteiger partial charge in [0.15, 0.2) is 17.4 Å². The average molecular weight is 443 g/mol. The van der Waals surface area contributed by atoms with Crippen LogP contribution < -0.4 is 9.47 Å². The summed E-state index contributed by atoms with van der Waals surface area (Å²) < 4.78 is 41.5. The molecule has 4 atom stereocenters. The summed E-state index contributed by atoms with van der Waals surface area (Å²) in [7, 11) is 0. The fraction of sp³-hybridized carbons (Fsp3) is 0.389. The molecule has 1 aromatic carbocycles. The molecule has 0 saturated carbocycles. The zero-order valence-electron chi connectivity index (χ0n) is 15.5. The van der Waals surface area contributed by atoms with Gasteiger partial charge in [-0.25, -0.2) is 4.98 Å². The van der Waals surface area contributed by atoms with Crippen molar-refractivity contribution in [3.63, 3.8) is 0 Å². The van der Waals surface area contributed by atoms with Crippen molar-refractivity contribution in [1.82, 2.24) is 19.5 Å². The van der Waals surface area contributed by atoms with Gasteiger partial charge in [-0.15, -0.1) is 0 Å². The molecule has 0 unspecified atom stereocenters. The number of fused-ring (bicyclic) bond motifs is 1. The van der Waals surface area contributed by atoms with E-state index >= 15 is 0 Å². The van der Waals surface area contributed by atoms with Gasteiger partial charge in [0.25, 0.3) is 0 Å². The van der Waals surface area contributed by atoms with E-state index in [1.807, 2.05) is 0 Å². The average Bonchev–Trinajstić information content (AvgIpc) is 3.23. The van der Waals surface area contributed by atoms with Crippen LogP contribution in [0.5, 0.6) is 11.6 Å². The Morgan fingerprint density at radius 1 is 1.20 bits per heavy atom. The summed E-state index contributed by atoms with van der Waals surface area (Å²) >= 11 is 6.02. The van der Waals surface area contributed by atoms with Crippen molar-refractivity contribution >= 4 is 22.8 Å². The van der Waals surface area contributed by atoms with E-state index < -0.39 is 31.2 Å². The van der Waals surface area contributed by atoms with Gasteiger partial charge in [0.2, 0.25) is 11.2 Å². The highest BCUT2D eigenvalue weighted by Crippen LogP contribution is 2.33. The first kappa shape index (κ1) is 20.7. The molecule has 4 rings (SSSR count). The van der Waals surface area contributed by atoms with Gasteiger partial charge >= 0.3 is 6.61 Å². The summed E-state index contributed by atoms with van der Waals surface area (Å²) in [4.78, 5) is 12.4. The molecule has 1 fully saturated rings. The SMILES string of the molecule is C[C@H]1O[C@@H](n2cnc3c(OCc4ccc(OC(F)F)cc4)nc(Cl)nc32)[C@H](O)[C@@H]1O. The minimum atomic E-state index is -2.90. The lowest BCUT2D eigenvalue weighted by molar-refractivity contribution is -0.0498. The molecule has 0 aliphatic carbocycles.